The zero-order valence-corrected chi connectivity index (χ0v) is 16.0. The standard InChI is InChI=1S/C20H22ClN3O3/c1-3-27-17-6-4-5-15(11-17)13-22-24-20(26)10-9-19(25)23-16-8-7-14(2)18(21)12-16/h4-8,11-13H,3,9-10H2,1-2H3,(H,23,25)(H,24,26). The number of benzene rings is 2. The number of amides is 2. The molecule has 0 fully saturated rings. The van der Waals surface area contributed by atoms with Gasteiger partial charge in [0.1, 0.15) is 5.75 Å². The molecule has 2 amide bonds. The number of hydrazone groups is 1. The van der Waals surface area contributed by atoms with Gasteiger partial charge in [0.15, 0.2) is 0 Å². The van der Waals surface area contributed by atoms with Crippen LogP contribution in [0.15, 0.2) is 47.6 Å². The molecule has 0 radical (unpaired) electrons. The zero-order chi connectivity index (χ0) is 19.6. The smallest absolute Gasteiger partial charge is 0.240 e. The Labute approximate surface area is 163 Å². The number of carbonyl (C=O) groups excluding carboxylic acids is 2. The van der Waals surface area contributed by atoms with Crippen LogP contribution in [0.25, 0.3) is 0 Å². The van der Waals surface area contributed by atoms with Crippen molar-refractivity contribution in [1.29, 1.82) is 0 Å². The largest absolute Gasteiger partial charge is 0.494 e. The molecule has 0 aliphatic carbocycles. The zero-order valence-electron chi connectivity index (χ0n) is 15.3. The van der Waals surface area contributed by atoms with Crippen molar-refractivity contribution in [2.75, 3.05) is 11.9 Å². The number of hydrogen-bond acceptors (Lipinski definition) is 4. The number of carbonyl (C=O) groups is 2. The molecule has 0 spiro atoms. The van der Waals surface area contributed by atoms with Crippen LogP contribution in [-0.4, -0.2) is 24.6 Å². The molecule has 142 valence electrons. The van der Waals surface area contributed by atoms with Gasteiger partial charge in [-0.3, -0.25) is 9.59 Å². The highest BCUT2D eigenvalue weighted by atomic mass is 35.5. The molecule has 0 aliphatic heterocycles. The number of nitrogens with zero attached hydrogens (tertiary/aromatic N) is 1. The summed E-state index contributed by atoms with van der Waals surface area (Å²) < 4.78 is 5.40. The topological polar surface area (TPSA) is 79.8 Å². The first kappa shape index (κ1) is 20.5. The van der Waals surface area contributed by atoms with Gasteiger partial charge in [-0.1, -0.05) is 29.8 Å². The molecular formula is C20H22ClN3O3. The molecule has 0 saturated heterocycles. The highest BCUT2D eigenvalue weighted by molar-refractivity contribution is 6.31. The molecular weight excluding hydrogens is 366 g/mol. The first-order chi connectivity index (χ1) is 13.0. The summed E-state index contributed by atoms with van der Waals surface area (Å²) in [5, 5.41) is 7.18. The average Bonchev–Trinajstić information content (AvgIpc) is 2.64. The Morgan fingerprint density at radius 2 is 1.93 bits per heavy atom. The Morgan fingerprint density at radius 1 is 1.15 bits per heavy atom. The van der Waals surface area contributed by atoms with Crippen LogP contribution >= 0.6 is 11.6 Å². The lowest BCUT2D eigenvalue weighted by molar-refractivity contribution is -0.124. The van der Waals surface area contributed by atoms with Gasteiger partial charge in [-0.15, -0.1) is 0 Å². The molecule has 0 bridgehead atoms. The predicted octanol–water partition coefficient (Wildman–Crippen LogP) is 3.92. The lowest BCUT2D eigenvalue weighted by Crippen LogP contribution is -2.20. The molecule has 6 nitrogen and oxygen atoms in total. The summed E-state index contributed by atoms with van der Waals surface area (Å²) in [5.74, 6) is 0.128. The normalized spacial score (nSPS) is 10.6. The summed E-state index contributed by atoms with van der Waals surface area (Å²) >= 11 is 6.02. The fraction of sp³-hybridized carbons (Fsp3) is 0.250. The second-order valence-corrected chi connectivity index (χ2v) is 6.22. The van der Waals surface area contributed by atoms with Gasteiger partial charge in [0.2, 0.25) is 11.8 Å². The number of rotatable bonds is 8. The first-order valence-corrected chi connectivity index (χ1v) is 8.96. The monoisotopic (exact) mass is 387 g/mol. The third-order valence-corrected chi connectivity index (χ3v) is 4.01. The number of nitrogens with one attached hydrogen (secondary N) is 2. The molecule has 2 N–H and O–H groups in total. The fourth-order valence-corrected chi connectivity index (χ4v) is 2.39. The number of ether oxygens (including phenoxy) is 1. The summed E-state index contributed by atoms with van der Waals surface area (Å²) in [4.78, 5) is 23.7. The van der Waals surface area contributed by atoms with Gasteiger partial charge >= 0.3 is 0 Å². The van der Waals surface area contributed by atoms with E-state index in [1.54, 1.807) is 12.1 Å². The van der Waals surface area contributed by atoms with Gasteiger partial charge in [-0.25, -0.2) is 5.43 Å². The minimum absolute atomic E-state index is 0.0295. The number of halogens is 1. The molecule has 0 aromatic heterocycles. The maximum absolute atomic E-state index is 11.9. The third-order valence-electron chi connectivity index (χ3n) is 3.61. The Hall–Kier alpha value is -2.86. The highest BCUT2D eigenvalue weighted by Gasteiger charge is 2.07. The maximum atomic E-state index is 11.9. The number of anilines is 1. The molecule has 0 atom stereocenters. The Morgan fingerprint density at radius 3 is 2.67 bits per heavy atom. The Balaban J connectivity index is 1.76. The van der Waals surface area contributed by atoms with Crippen LogP contribution in [0.3, 0.4) is 0 Å². The van der Waals surface area contributed by atoms with Crippen LogP contribution in [-0.2, 0) is 9.59 Å². The summed E-state index contributed by atoms with van der Waals surface area (Å²) in [5.41, 5.74) is 4.74. The number of hydrogen-bond donors (Lipinski definition) is 2. The third kappa shape index (κ3) is 7.11. The summed E-state index contributed by atoms with van der Waals surface area (Å²) in [7, 11) is 0. The van der Waals surface area contributed by atoms with Crippen molar-refractivity contribution in [3.63, 3.8) is 0 Å². The molecule has 0 aliphatic rings. The number of aryl methyl sites for hydroxylation is 1. The van der Waals surface area contributed by atoms with Crippen LogP contribution in [0.5, 0.6) is 5.75 Å². The van der Waals surface area contributed by atoms with Crippen molar-refractivity contribution in [2.24, 2.45) is 5.10 Å². The molecule has 2 rings (SSSR count). The summed E-state index contributed by atoms with van der Waals surface area (Å²) in [6.45, 7) is 4.37. The minimum Gasteiger partial charge on any atom is -0.494 e. The molecule has 0 saturated carbocycles. The van der Waals surface area contributed by atoms with E-state index in [1.807, 2.05) is 44.2 Å². The van der Waals surface area contributed by atoms with Gasteiger partial charge in [0.05, 0.1) is 12.8 Å². The van der Waals surface area contributed by atoms with E-state index in [-0.39, 0.29) is 24.7 Å². The highest BCUT2D eigenvalue weighted by Crippen LogP contribution is 2.20. The van der Waals surface area contributed by atoms with Gasteiger partial charge in [-0.05, 0) is 49.2 Å². The van der Waals surface area contributed by atoms with Crippen LogP contribution in [0.2, 0.25) is 5.02 Å². The molecule has 2 aromatic carbocycles. The SMILES string of the molecule is CCOc1cccc(C=NNC(=O)CCC(=O)Nc2ccc(C)c(Cl)c2)c1. The van der Waals surface area contributed by atoms with Crippen molar-refractivity contribution in [3.05, 3.63) is 58.6 Å². The lowest BCUT2D eigenvalue weighted by Gasteiger charge is -2.06. The van der Waals surface area contributed by atoms with Crippen molar-refractivity contribution in [2.45, 2.75) is 26.7 Å². The second kappa shape index (κ2) is 10.3. The van der Waals surface area contributed by atoms with Crippen LogP contribution < -0.4 is 15.5 Å². The van der Waals surface area contributed by atoms with Crippen LogP contribution in [0, 0.1) is 6.92 Å². The lowest BCUT2D eigenvalue weighted by atomic mass is 10.2. The van der Waals surface area contributed by atoms with E-state index in [4.69, 9.17) is 16.3 Å². The molecule has 0 heterocycles. The summed E-state index contributed by atoms with van der Waals surface area (Å²) in [6.07, 6.45) is 1.60. The van der Waals surface area contributed by atoms with Crippen molar-refractivity contribution in [3.8, 4) is 5.75 Å². The van der Waals surface area contributed by atoms with E-state index < -0.39 is 0 Å². The van der Waals surface area contributed by atoms with Gasteiger partial charge < -0.3 is 10.1 Å². The molecule has 2 aromatic rings. The van der Waals surface area contributed by atoms with E-state index in [9.17, 15) is 9.59 Å². The van der Waals surface area contributed by atoms with Crippen LogP contribution in [0.4, 0.5) is 5.69 Å². The molecule has 0 unspecified atom stereocenters. The second-order valence-electron chi connectivity index (χ2n) is 5.81. The van der Waals surface area contributed by atoms with Crippen molar-refractivity contribution in [1.82, 2.24) is 5.43 Å². The maximum Gasteiger partial charge on any atom is 0.240 e. The quantitative estimate of drug-likeness (QED) is 0.532. The Kier molecular flexibility index (Phi) is 7.82. The predicted molar refractivity (Wildman–Crippen MR) is 107 cm³/mol. The first-order valence-electron chi connectivity index (χ1n) is 8.58. The van der Waals surface area contributed by atoms with E-state index in [0.717, 1.165) is 16.9 Å². The molecule has 27 heavy (non-hydrogen) atoms. The minimum atomic E-state index is -0.343. The van der Waals surface area contributed by atoms with E-state index in [2.05, 4.69) is 15.8 Å². The average molecular weight is 388 g/mol. The van der Waals surface area contributed by atoms with Crippen LogP contribution in [0.1, 0.15) is 30.9 Å². The fourth-order valence-electron chi connectivity index (χ4n) is 2.21. The Bertz CT molecular complexity index is 837. The van der Waals surface area contributed by atoms with Gasteiger partial charge in [0, 0.05) is 23.6 Å². The molecule has 7 heteroatoms. The van der Waals surface area contributed by atoms with E-state index in [1.165, 1.54) is 6.21 Å². The summed E-state index contributed by atoms with van der Waals surface area (Å²) in [6, 6.07) is 12.6. The van der Waals surface area contributed by atoms with Crippen molar-refractivity contribution < 1.29 is 14.3 Å². The van der Waals surface area contributed by atoms with Crippen molar-refractivity contribution >= 4 is 35.3 Å². The van der Waals surface area contributed by atoms with Gasteiger partial charge in [-0.2, -0.15) is 5.10 Å². The van der Waals surface area contributed by atoms with E-state index in [0.29, 0.717) is 17.3 Å². The van der Waals surface area contributed by atoms with E-state index >= 15 is 0 Å². The van der Waals surface area contributed by atoms with Gasteiger partial charge in [0.25, 0.3) is 0 Å².